The molecule has 1 aliphatic rings. The van der Waals surface area contributed by atoms with E-state index in [-0.39, 0.29) is 22.8 Å². The smallest absolute Gasteiger partial charge is 0.493 e. The number of benzene rings is 3. The molecule has 6 rings (SSSR count). The van der Waals surface area contributed by atoms with E-state index in [9.17, 15) is 18.0 Å². The van der Waals surface area contributed by atoms with Gasteiger partial charge in [0, 0.05) is 42.1 Å². The topological polar surface area (TPSA) is 100.0 Å². The van der Waals surface area contributed by atoms with Crippen molar-refractivity contribution in [2.45, 2.75) is 32.5 Å². The van der Waals surface area contributed by atoms with Gasteiger partial charge in [-0.15, -0.1) is 13.2 Å². The molecule has 0 saturated carbocycles. The highest BCUT2D eigenvalue weighted by atomic mass is 19.4. The summed E-state index contributed by atoms with van der Waals surface area (Å²) in [5, 5.41) is 3.11. The summed E-state index contributed by atoms with van der Waals surface area (Å²) in [7, 11) is 1.54. The summed E-state index contributed by atoms with van der Waals surface area (Å²) in [5.74, 6) is 0.106. The lowest BCUT2D eigenvalue weighted by Crippen LogP contribution is -2.34. The quantitative estimate of drug-likeness (QED) is 0.104. The second-order valence-corrected chi connectivity index (χ2v) is 11.9. The summed E-state index contributed by atoms with van der Waals surface area (Å²) < 4.78 is 76.7. The lowest BCUT2D eigenvalue weighted by atomic mass is 9.99. The third kappa shape index (κ3) is 8.43. The number of pyridine rings is 1. The number of alkyl halides is 3. The van der Waals surface area contributed by atoms with Crippen molar-refractivity contribution >= 4 is 22.5 Å². The molecular formula is C36H35F4N5O5. The number of carbonyl (C=O) groups excluding carboxylic acids is 1. The average molecular weight is 694 g/mol. The molecule has 0 atom stereocenters. The highest BCUT2D eigenvalue weighted by Gasteiger charge is 2.32. The molecule has 2 aromatic heterocycles. The molecule has 10 nitrogen and oxygen atoms in total. The summed E-state index contributed by atoms with van der Waals surface area (Å²) in [6.07, 6.45) is 2.37. The number of hydrogen-bond donors (Lipinski definition) is 1. The van der Waals surface area contributed by atoms with E-state index in [1.54, 1.807) is 24.4 Å². The van der Waals surface area contributed by atoms with E-state index < -0.39 is 23.8 Å². The molecule has 0 bridgehead atoms. The van der Waals surface area contributed by atoms with Crippen molar-refractivity contribution < 1.29 is 41.3 Å². The van der Waals surface area contributed by atoms with Gasteiger partial charge in [-0.2, -0.15) is 0 Å². The number of fused-ring (bicyclic) bond motifs is 1. The predicted molar refractivity (Wildman–Crippen MR) is 178 cm³/mol. The molecule has 1 aliphatic heterocycles. The number of methoxy groups -OCH3 is 1. The summed E-state index contributed by atoms with van der Waals surface area (Å²) >= 11 is 0. The predicted octanol–water partition coefficient (Wildman–Crippen LogP) is 8.01. The molecule has 0 aliphatic carbocycles. The van der Waals surface area contributed by atoms with Gasteiger partial charge < -0.3 is 33.7 Å². The second-order valence-electron chi connectivity index (χ2n) is 11.9. The normalized spacial score (nSPS) is 14.0. The van der Waals surface area contributed by atoms with Crippen molar-refractivity contribution in [2.24, 2.45) is 5.92 Å². The Morgan fingerprint density at radius 3 is 2.52 bits per heavy atom. The summed E-state index contributed by atoms with van der Waals surface area (Å²) in [6.45, 7) is 6.01. The van der Waals surface area contributed by atoms with E-state index in [1.165, 1.54) is 67.4 Å². The van der Waals surface area contributed by atoms with Crippen LogP contribution in [0.3, 0.4) is 0 Å². The highest BCUT2D eigenvalue weighted by molar-refractivity contribution is 6.02. The lowest BCUT2D eigenvalue weighted by molar-refractivity contribution is -0.274. The van der Waals surface area contributed by atoms with Gasteiger partial charge >= 0.3 is 6.36 Å². The van der Waals surface area contributed by atoms with Gasteiger partial charge in [0.05, 0.1) is 24.9 Å². The first kappa shape index (κ1) is 34.5. The molecule has 1 saturated heterocycles. The maximum atomic E-state index is 15.3. The molecule has 0 radical (unpaired) electrons. The first-order valence-corrected chi connectivity index (χ1v) is 16.1. The van der Waals surface area contributed by atoms with Gasteiger partial charge in [0.2, 0.25) is 0 Å². The minimum Gasteiger partial charge on any atom is -0.493 e. The highest BCUT2D eigenvalue weighted by Crippen LogP contribution is 2.38. The minimum absolute atomic E-state index is 0.0203. The number of likely N-dealkylation sites (tertiary alicyclic amines) is 1. The monoisotopic (exact) mass is 693 g/mol. The number of carbonyl (C=O) groups is 1. The van der Waals surface area contributed by atoms with E-state index in [0.29, 0.717) is 34.8 Å². The number of hydrogen-bond acceptors (Lipinski definition) is 8. The first-order valence-electron chi connectivity index (χ1n) is 16.1. The van der Waals surface area contributed by atoms with Gasteiger partial charge in [-0.25, -0.2) is 9.37 Å². The maximum Gasteiger partial charge on any atom is 0.573 e. The minimum atomic E-state index is -4.90. The number of piperidine rings is 1. The zero-order chi connectivity index (χ0) is 35.3. The third-order valence-corrected chi connectivity index (χ3v) is 8.33. The van der Waals surface area contributed by atoms with Crippen molar-refractivity contribution in [2.75, 3.05) is 38.7 Å². The summed E-state index contributed by atoms with van der Waals surface area (Å²) in [4.78, 5) is 23.8. The van der Waals surface area contributed by atoms with Crippen LogP contribution in [0, 0.1) is 11.7 Å². The Hall–Kier alpha value is -5.37. The fraction of sp³-hybridized carbons (Fsp3) is 0.306. The Morgan fingerprint density at radius 2 is 1.76 bits per heavy atom. The standard InChI is InChI=1S/C36H35F4N5O5/c1-23-11-15-44(16-12-23)14-5-17-48-34-20-27-25(19-33(34)47-2)30(10-13-41-27)49-31-9-8-24(18-26(31)37)43-35(46)28-21-45(22-42-28)29-6-3-4-7-32(29)50-36(38,39)40/h3-4,6-10,13,18-23H,5,11-12,14-17H2,1-2H3,(H,43,46). The number of nitrogens with zero attached hydrogens (tertiary/aromatic N) is 4. The molecule has 1 N–H and O–H groups in total. The van der Waals surface area contributed by atoms with Crippen LogP contribution in [-0.2, 0) is 0 Å². The molecule has 1 amide bonds. The average Bonchev–Trinajstić information content (AvgIpc) is 3.58. The Labute approximate surface area is 285 Å². The molecular weight excluding hydrogens is 658 g/mol. The van der Waals surface area contributed by atoms with Crippen LogP contribution in [0.15, 0.2) is 79.4 Å². The van der Waals surface area contributed by atoms with Crippen molar-refractivity contribution in [3.63, 3.8) is 0 Å². The number of para-hydroxylation sites is 2. The van der Waals surface area contributed by atoms with Crippen molar-refractivity contribution in [1.82, 2.24) is 19.4 Å². The molecule has 50 heavy (non-hydrogen) atoms. The van der Waals surface area contributed by atoms with Crippen LogP contribution in [0.2, 0.25) is 0 Å². The molecule has 0 unspecified atom stereocenters. The Kier molecular flexibility index (Phi) is 10.4. The van der Waals surface area contributed by atoms with E-state index >= 15 is 4.39 Å². The van der Waals surface area contributed by atoms with Crippen LogP contribution in [-0.4, -0.2) is 65.1 Å². The molecule has 5 aromatic rings. The van der Waals surface area contributed by atoms with Gasteiger partial charge in [-0.1, -0.05) is 19.1 Å². The van der Waals surface area contributed by atoms with E-state index in [4.69, 9.17) is 14.2 Å². The number of anilines is 1. The molecule has 0 spiro atoms. The van der Waals surface area contributed by atoms with Crippen molar-refractivity contribution in [3.05, 3.63) is 90.9 Å². The van der Waals surface area contributed by atoms with E-state index in [2.05, 4.69) is 31.8 Å². The van der Waals surface area contributed by atoms with Gasteiger partial charge in [-0.3, -0.25) is 9.78 Å². The van der Waals surface area contributed by atoms with Gasteiger partial charge in [-0.05, 0) is 74.7 Å². The molecule has 262 valence electrons. The number of amides is 1. The number of rotatable bonds is 12. The van der Waals surface area contributed by atoms with Crippen LogP contribution in [0.5, 0.6) is 28.7 Å². The van der Waals surface area contributed by atoms with Crippen LogP contribution in [0.1, 0.15) is 36.7 Å². The zero-order valence-electron chi connectivity index (χ0n) is 27.4. The van der Waals surface area contributed by atoms with Gasteiger partial charge in [0.1, 0.15) is 17.8 Å². The number of imidazole rings is 1. The summed E-state index contributed by atoms with van der Waals surface area (Å²) in [6, 6.07) is 14.4. The van der Waals surface area contributed by atoms with Crippen molar-refractivity contribution in [1.29, 1.82) is 0 Å². The SMILES string of the molecule is COc1cc2c(Oc3ccc(NC(=O)c4cn(-c5ccccc5OC(F)(F)F)cn4)cc3F)ccnc2cc1OCCCN1CCC(C)CC1. The first-order chi connectivity index (χ1) is 24.1. The Morgan fingerprint density at radius 1 is 0.960 bits per heavy atom. The Bertz CT molecular complexity index is 1960. The molecule has 3 aromatic carbocycles. The molecule has 14 heteroatoms. The summed E-state index contributed by atoms with van der Waals surface area (Å²) in [5.41, 5.74) is 0.574. The van der Waals surface area contributed by atoms with Gasteiger partial charge in [0.15, 0.2) is 28.8 Å². The fourth-order valence-corrected chi connectivity index (χ4v) is 5.67. The lowest BCUT2D eigenvalue weighted by Gasteiger charge is -2.30. The van der Waals surface area contributed by atoms with Crippen LogP contribution in [0.4, 0.5) is 23.2 Å². The number of ether oxygens (including phenoxy) is 4. The van der Waals surface area contributed by atoms with Crippen molar-refractivity contribution in [3.8, 4) is 34.4 Å². The molecule has 3 heterocycles. The van der Waals surface area contributed by atoms with E-state index in [0.717, 1.165) is 44.1 Å². The third-order valence-electron chi connectivity index (χ3n) is 8.33. The largest absolute Gasteiger partial charge is 0.573 e. The second kappa shape index (κ2) is 15.0. The maximum absolute atomic E-state index is 15.3. The number of halogens is 4. The number of aromatic nitrogens is 3. The van der Waals surface area contributed by atoms with E-state index in [1.807, 2.05) is 0 Å². The zero-order valence-corrected chi connectivity index (χ0v) is 27.4. The van der Waals surface area contributed by atoms with Crippen LogP contribution < -0.4 is 24.3 Å². The van der Waals surface area contributed by atoms with Crippen LogP contribution in [0.25, 0.3) is 16.6 Å². The Balaban J connectivity index is 1.10. The fourth-order valence-electron chi connectivity index (χ4n) is 5.67. The van der Waals surface area contributed by atoms with Crippen LogP contribution >= 0.6 is 0 Å². The number of nitrogens with one attached hydrogen (secondary N) is 1. The molecule has 1 fully saturated rings. The van der Waals surface area contributed by atoms with Gasteiger partial charge in [0.25, 0.3) is 5.91 Å².